The first kappa shape index (κ1) is 17.6. The zero-order valence-corrected chi connectivity index (χ0v) is 14.2. The van der Waals surface area contributed by atoms with E-state index >= 15 is 0 Å². The first-order valence-electron chi connectivity index (χ1n) is 7.99. The van der Waals surface area contributed by atoms with Crippen molar-refractivity contribution in [3.05, 3.63) is 71.8 Å². The Morgan fingerprint density at radius 2 is 1.96 bits per heavy atom. The van der Waals surface area contributed by atoms with Gasteiger partial charge in [0.05, 0.1) is 6.61 Å². The molecule has 0 aromatic heterocycles. The van der Waals surface area contributed by atoms with Gasteiger partial charge < -0.3 is 14.8 Å². The molecule has 0 bridgehead atoms. The van der Waals surface area contributed by atoms with Crippen molar-refractivity contribution in [3.63, 3.8) is 0 Å². The van der Waals surface area contributed by atoms with Gasteiger partial charge in [0.1, 0.15) is 18.1 Å². The summed E-state index contributed by atoms with van der Waals surface area (Å²) in [4.78, 5) is 12.1. The van der Waals surface area contributed by atoms with E-state index in [1.165, 1.54) is 0 Å². The van der Waals surface area contributed by atoms with E-state index in [4.69, 9.17) is 9.47 Å². The minimum atomic E-state index is -0.143. The molecule has 0 aliphatic rings. The molecule has 0 spiro atoms. The van der Waals surface area contributed by atoms with Crippen molar-refractivity contribution in [2.45, 2.75) is 20.5 Å². The molecule has 2 aromatic rings. The molecule has 2 aromatic carbocycles. The quantitative estimate of drug-likeness (QED) is 0.749. The highest BCUT2D eigenvalue weighted by Crippen LogP contribution is 2.24. The van der Waals surface area contributed by atoms with Crippen molar-refractivity contribution in [2.24, 2.45) is 0 Å². The number of para-hydroxylation sites is 1. The molecule has 2 rings (SSSR count). The number of carbonyl (C=O) groups is 1. The molecule has 0 aliphatic heterocycles. The Hall–Kier alpha value is -2.75. The fraction of sp³-hybridized carbons (Fsp3) is 0.250. The Morgan fingerprint density at radius 3 is 2.67 bits per heavy atom. The maximum Gasteiger partial charge on any atom is 0.251 e. The van der Waals surface area contributed by atoms with E-state index in [0.717, 1.165) is 22.6 Å². The lowest BCUT2D eigenvalue weighted by molar-refractivity contribution is 0.0958. The molecule has 4 heteroatoms. The maximum atomic E-state index is 12.1. The normalized spacial score (nSPS) is 10.1. The first-order chi connectivity index (χ1) is 11.7. The first-order valence-corrected chi connectivity index (χ1v) is 7.99. The Bertz CT molecular complexity index is 710. The molecule has 0 saturated heterocycles. The summed E-state index contributed by atoms with van der Waals surface area (Å²) in [6, 6.07) is 13.2. The lowest BCUT2D eigenvalue weighted by atomic mass is 10.1. The number of rotatable bonds is 8. The molecular formula is C20H23NO3. The van der Waals surface area contributed by atoms with Crippen molar-refractivity contribution >= 4 is 5.91 Å². The zero-order valence-electron chi connectivity index (χ0n) is 14.2. The molecule has 0 atom stereocenters. The molecule has 1 N–H and O–H groups in total. The van der Waals surface area contributed by atoms with E-state index in [2.05, 4.69) is 11.9 Å². The molecule has 126 valence electrons. The van der Waals surface area contributed by atoms with Crippen LogP contribution in [0, 0.1) is 6.92 Å². The number of nitrogens with one attached hydrogen (secondary N) is 1. The number of hydrogen-bond acceptors (Lipinski definition) is 3. The lowest BCUT2D eigenvalue weighted by Crippen LogP contribution is -2.23. The van der Waals surface area contributed by atoms with Crippen molar-refractivity contribution in [2.75, 3.05) is 13.2 Å². The Labute approximate surface area is 143 Å². The molecule has 1 amide bonds. The predicted octanol–water partition coefficient (Wildman–Crippen LogP) is 3.89. The molecule has 0 saturated carbocycles. The van der Waals surface area contributed by atoms with Crippen molar-refractivity contribution in [1.82, 2.24) is 5.32 Å². The highest BCUT2D eigenvalue weighted by molar-refractivity contribution is 5.94. The highest BCUT2D eigenvalue weighted by atomic mass is 16.5. The van der Waals surface area contributed by atoms with Gasteiger partial charge in [0.2, 0.25) is 0 Å². The van der Waals surface area contributed by atoms with Crippen LogP contribution in [-0.4, -0.2) is 19.1 Å². The van der Waals surface area contributed by atoms with Gasteiger partial charge in [0, 0.05) is 17.7 Å². The minimum Gasteiger partial charge on any atom is -0.493 e. The van der Waals surface area contributed by atoms with Crippen LogP contribution in [0.5, 0.6) is 11.5 Å². The second kappa shape index (κ2) is 8.77. The number of aryl methyl sites for hydroxylation is 1. The number of benzene rings is 2. The molecule has 4 nitrogen and oxygen atoms in total. The molecule has 0 radical (unpaired) electrons. The summed E-state index contributed by atoms with van der Waals surface area (Å²) in [6.45, 7) is 8.85. The van der Waals surface area contributed by atoms with E-state index in [1.807, 2.05) is 50.2 Å². The summed E-state index contributed by atoms with van der Waals surface area (Å²) in [5.41, 5.74) is 2.48. The minimum absolute atomic E-state index is 0.143. The topological polar surface area (TPSA) is 47.6 Å². The second-order valence-electron chi connectivity index (χ2n) is 5.31. The Morgan fingerprint density at radius 1 is 1.17 bits per heavy atom. The summed E-state index contributed by atoms with van der Waals surface area (Å²) in [6.07, 6.45) is 1.65. The van der Waals surface area contributed by atoms with E-state index in [0.29, 0.717) is 25.3 Å². The average molecular weight is 325 g/mol. The Kier molecular flexibility index (Phi) is 6.43. The highest BCUT2D eigenvalue weighted by Gasteiger charge is 2.11. The molecule has 0 aliphatic carbocycles. The van der Waals surface area contributed by atoms with E-state index in [-0.39, 0.29) is 5.91 Å². The van der Waals surface area contributed by atoms with Crippen LogP contribution >= 0.6 is 0 Å². The number of amides is 1. The standard InChI is InChI=1S/C20H23NO3/c1-4-12-21-20(22)16-10-11-19(23-5-2)17(13-16)14-24-18-9-7-6-8-15(18)3/h4,6-11,13H,1,5,12,14H2,2-3H3,(H,21,22). The zero-order chi connectivity index (χ0) is 17.4. The fourth-order valence-electron chi connectivity index (χ4n) is 2.27. The molecule has 0 unspecified atom stereocenters. The second-order valence-corrected chi connectivity index (χ2v) is 5.31. The van der Waals surface area contributed by atoms with Gasteiger partial charge >= 0.3 is 0 Å². The molecule has 0 fully saturated rings. The van der Waals surface area contributed by atoms with E-state index in [9.17, 15) is 4.79 Å². The van der Waals surface area contributed by atoms with Gasteiger partial charge in [-0.15, -0.1) is 6.58 Å². The van der Waals surface area contributed by atoms with Gasteiger partial charge in [-0.3, -0.25) is 4.79 Å². The molecule has 0 heterocycles. The average Bonchev–Trinajstić information content (AvgIpc) is 2.60. The third-order valence-electron chi connectivity index (χ3n) is 3.51. The molecule has 24 heavy (non-hydrogen) atoms. The third-order valence-corrected chi connectivity index (χ3v) is 3.51. The van der Waals surface area contributed by atoms with Gasteiger partial charge in [-0.1, -0.05) is 24.3 Å². The summed E-state index contributed by atoms with van der Waals surface area (Å²) in [5, 5.41) is 2.77. The van der Waals surface area contributed by atoms with Crippen LogP contribution in [0.2, 0.25) is 0 Å². The maximum absolute atomic E-state index is 12.1. The summed E-state index contributed by atoms with van der Waals surface area (Å²) >= 11 is 0. The van der Waals surface area contributed by atoms with E-state index in [1.54, 1.807) is 12.1 Å². The van der Waals surface area contributed by atoms with Crippen molar-refractivity contribution in [1.29, 1.82) is 0 Å². The van der Waals surface area contributed by atoms with Gasteiger partial charge in [-0.05, 0) is 43.7 Å². The Balaban J connectivity index is 2.19. The van der Waals surface area contributed by atoms with Gasteiger partial charge in [-0.25, -0.2) is 0 Å². The molecular weight excluding hydrogens is 302 g/mol. The van der Waals surface area contributed by atoms with Gasteiger partial charge in [-0.2, -0.15) is 0 Å². The number of ether oxygens (including phenoxy) is 2. The third kappa shape index (κ3) is 4.62. The monoisotopic (exact) mass is 325 g/mol. The SMILES string of the molecule is C=CCNC(=O)c1ccc(OCC)c(COc2ccccc2C)c1. The van der Waals surface area contributed by atoms with Gasteiger partial charge in [0.15, 0.2) is 0 Å². The van der Waals surface area contributed by atoms with Crippen LogP contribution in [0.4, 0.5) is 0 Å². The van der Waals surface area contributed by atoms with Crippen molar-refractivity contribution < 1.29 is 14.3 Å². The summed E-state index contributed by atoms with van der Waals surface area (Å²) in [5.74, 6) is 1.41. The van der Waals surface area contributed by atoms with Crippen LogP contribution in [0.25, 0.3) is 0 Å². The van der Waals surface area contributed by atoms with Crippen LogP contribution in [0.1, 0.15) is 28.4 Å². The van der Waals surface area contributed by atoms with Crippen molar-refractivity contribution in [3.8, 4) is 11.5 Å². The number of hydrogen-bond donors (Lipinski definition) is 1. The van der Waals surface area contributed by atoms with Crippen LogP contribution in [0.15, 0.2) is 55.1 Å². The van der Waals surface area contributed by atoms with Crippen LogP contribution in [-0.2, 0) is 6.61 Å². The van der Waals surface area contributed by atoms with Crippen LogP contribution in [0.3, 0.4) is 0 Å². The number of carbonyl (C=O) groups excluding carboxylic acids is 1. The van der Waals surface area contributed by atoms with Crippen LogP contribution < -0.4 is 14.8 Å². The smallest absolute Gasteiger partial charge is 0.251 e. The predicted molar refractivity (Wildman–Crippen MR) is 95.7 cm³/mol. The van der Waals surface area contributed by atoms with E-state index < -0.39 is 0 Å². The van der Waals surface area contributed by atoms with Gasteiger partial charge in [0.25, 0.3) is 5.91 Å². The summed E-state index contributed by atoms with van der Waals surface area (Å²) < 4.78 is 11.5. The summed E-state index contributed by atoms with van der Waals surface area (Å²) in [7, 11) is 0. The lowest BCUT2D eigenvalue weighted by Gasteiger charge is -2.14. The fourth-order valence-corrected chi connectivity index (χ4v) is 2.27. The largest absolute Gasteiger partial charge is 0.493 e.